The summed E-state index contributed by atoms with van der Waals surface area (Å²) in [7, 11) is 0. The zero-order valence-corrected chi connectivity index (χ0v) is 12.8. The molecule has 120 valence electrons. The van der Waals surface area contributed by atoms with Gasteiger partial charge in [-0.05, 0) is 18.4 Å². The van der Waals surface area contributed by atoms with E-state index >= 15 is 0 Å². The van der Waals surface area contributed by atoms with Crippen LogP contribution in [-0.4, -0.2) is 34.6 Å². The van der Waals surface area contributed by atoms with E-state index in [1.807, 2.05) is 35.2 Å². The Balaban J connectivity index is 2.00. The Morgan fingerprint density at radius 3 is 2.45 bits per heavy atom. The number of benzene rings is 1. The molecule has 0 unspecified atom stereocenters. The number of carboxylic acids is 1. The van der Waals surface area contributed by atoms with Crippen LogP contribution in [0.3, 0.4) is 0 Å². The minimum atomic E-state index is -0.896. The van der Waals surface area contributed by atoms with E-state index in [0.29, 0.717) is 6.54 Å². The van der Waals surface area contributed by atoms with E-state index in [9.17, 15) is 9.59 Å². The van der Waals surface area contributed by atoms with Crippen molar-refractivity contribution in [3.05, 3.63) is 35.9 Å². The van der Waals surface area contributed by atoms with E-state index in [4.69, 9.17) is 5.11 Å². The number of hydrogen-bond acceptors (Lipinski definition) is 2. The first-order valence-electron chi connectivity index (χ1n) is 7.97. The number of amides is 2. The van der Waals surface area contributed by atoms with Gasteiger partial charge in [-0.2, -0.15) is 0 Å². The summed E-state index contributed by atoms with van der Waals surface area (Å²) < 4.78 is 0. The number of rotatable bonds is 6. The first kappa shape index (κ1) is 16.3. The lowest BCUT2D eigenvalue weighted by molar-refractivity contribution is -0.136. The van der Waals surface area contributed by atoms with Crippen molar-refractivity contribution in [2.24, 2.45) is 0 Å². The Morgan fingerprint density at radius 2 is 1.82 bits per heavy atom. The Labute approximate surface area is 131 Å². The highest BCUT2D eigenvalue weighted by molar-refractivity contribution is 5.75. The molecule has 1 aliphatic rings. The second kappa shape index (κ2) is 8.41. The van der Waals surface area contributed by atoms with Gasteiger partial charge in [0.15, 0.2) is 0 Å². The van der Waals surface area contributed by atoms with E-state index < -0.39 is 5.97 Å². The molecule has 0 bridgehead atoms. The zero-order valence-electron chi connectivity index (χ0n) is 12.8. The summed E-state index contributed by atoms with van der Waals surface area (Å²) in [6.45, 7) is 0.747. The number of hydrogen-bond donors (Lipinski definition) is 2. The fourth-order valence-electron chi connectivity index (χ4n) is 2.92. The molecule has 2 amide bonds. The summed E-state index contributed by atoms with van der Waals surface area (Å²) in [5, 5.41) is 11.4. The van der Waals surface area contributed by atoms with Gasteiger partial charge in [0.05, 0.1) is 6.42 Å². The number of carbonyl (C=O) groups is 2. The van der Waals surface area contributed by atoms with Crippen LogP contribution in [0, 0.1) is 0 Å². The highest BCUT2D eigenvalue weighted by Gasteiger charge is 2.25. The fourth-order valence-corrected chi connectivity index (χ4v) is 2.92. The third-order valence-electron chi connectivity index (χ3n) is 4.09. The monoisotopic (exact) mass is 304 g/mol. The zero-order chi connectivity index (χ0) is 15.8. The van der Waals surface area contributed by atoms with Crippen molar-refractivity contribution in [2.75, 3.05) is 6.54 Å². The SMILES string of the molecule is O=C(O)CCNC(=O)N(Cc1ccccc1)C1CCCCC1. The fraction of sp³-hybridized carbons (Fsp3) is 0.529. The van der Waals surface area contributed by atoms with E-state index in [1.165, 1.54) is 6.42 Å². The molecule has 5 heteroatoms. The van der Waals surface area contributed by atoms with Gasteiger partial charge in [-0.15, -0.1) is 0 Å². The topological polar surface area (TPSA) is 69.6 Å². The molecule has 2 rings (SSSR count). The number of nitrogens with one attached hydrogen (secondary N) is 1. The lowest BCUT2D eigenvalue weighted by Gasteiger charge is -2.34. The number of carbonyl (C=O) groups excluding carboxylic acids is 1. The molecule has 22 heavy (non-hydrogen) atoms. The third kappa shape index (κ3) is 5.06. The van der Waals surface area contributed by atoms with Gasteiger partial charge in [-0.25, -0.2) is 4.79 Å². The van der Waals surface area contributed by atoms with Crippen LogP contribution < -0.4 is 5.32 Å². The summed E-state index contributed by atoms with van der Waals surface area (Å²) in [5.41, 5.74) is 1.10. The molecule has 0 aliphatic heterocycles. The van der Waals surface area contributed by atoms with Gasteiger partial charge in [-0.3, -0.25) is 4.79 Å². The van der Waals surface area contributed by atoms with Crippen molar-refractivity contribution in [3.63, 3.8) is 0 Å². The summed E-state index contributed by atoms with van der Waals surface area (Å²) in [6, 6.07) is 10.0. The minimum Gasteiger partial charge on any atom is -0.481 e. The van der Waals surface area contributed by atoms with Crippen molar-refractivity contribution in [1.82, 2.24) is 10.2 Å². The predicted molar refractivity (Wildman–Crippen MR) is 84.5 cm³/mol. The number of aliphatic carboxylic acids is 1. The minimum absolute atomic E-state index is 0.0460. The van der Waals surface area contributed by atoms with Crippen LogP contribution in [0.5, 0.6) is 0 Å². The van der Waals surface area contributed by atoms with Crippen molar-refractivity contribution in [2.45, 2.75) is 51.1 Å². The Bertz CT molecular complexity index is 484. The smallest absolute Gasteiger partial charge is 0.317 e. The van der Waals surface area contributed by atoms with Gasteiger partial charge < -0.3 is 15.3 Å². The summed E-state index contributed by atoms with van der Waals surface area (Å²) >= 11 is 0. The number of urea groups is 1. The molecule has 0 heterocycles. The molecule has 5 nitrogen and oxygen atoms in total. The highest BCUT2D eigenvalue weighted by Crippen LogP contribution is 2.24. The molecule has 1 aliphatic carbocycles. The van der Waals surface area contributed by atoms with Crippen LogP contribution in [0.1, 0.15) is 44.1 Å². The summed E-state index contributed by atoms with van der Waals surface area (Å²) in [6.07, 6.45) is 5.54. The van der Waals surface area contributed by atoms with Crippen LogP contribution in [0.25, 0.3) is 0 Å². The first-order valence-corrected chi connectivity index (χ1v) is 7.97. The maximum Gasteiger partial charge on any atom is 0.317 e. The van der Waals surface area contributed by atoms with E-state index in [1.54, 1.807) is 0 Å². The Kier molecular flexibility index (Phi) is 6.25. The van der Waals surface area contributed by atoms with Gasteiger partial charge in [-0.1, -0.05) is 49.6 Å². The second-order valence-corrected chi connectivity index (χ2v) is 5.78. The van der Waals surface area contributed by atoms with Gasteiger partial charge >= 0.3 is 12.0 Å². The molecule has 0 radical (unpaired) electrons. The van der Waals surface area contributed by atoms with Crippen molar-refractivity contribution in [1.29, 1.82) is 0 Å². The van der Waals surface area contributed by atoms with Crippen LogP contribution in [0.2, 0.25) is 0 Å². The molecule has 0 aromatic heterocycles. The Hall–Kier alpha value is -2.04. The van der Waals surface area contributed by atoms with E-state index in [2.05, 4.69) is 5.32 Å². The Morgan fingerprint density at radius 1 is 1.14 bits per heavy atom. The van der Waals surface area contributed by atoms with Gasteiger partial charge in [0, 0.05) is 19.1 Å². The van der Waals surface area contributed by atoms with E-state index in [-0.39, 0.29) is 25.0 Å². The predicted octanol–water partition coefficient (Wildman–Crippen LogP) is 3.01. The molecule has 1 saturated carbocycles. The molecule has 0 spiro atoms. The normalized spacial score (nSPS) is 15.3. The van der Waals surface area contributed by atoms with Crippen LogP contribution >= 0.6 is 0 Å². The van der Waals surface area contributed by atoms with Crippen LogP contribution in [-0.2, 0) is 11.3 Å². The molecule has 1 aromatic rings. The van der Waals surface area contributed by atoms with E-state index in [0.717, 1.165) is 31.2 Å². The average molecular weight is 304 g/mol. The lowest BCUT2D eigenvalue weighted by atomic mass is 9.94. The standard InChI is InChI=1S/C17H24N2O3/c20-16(21)11-12-18-17(22)19(15-9-5-2-6-10-15)13-14-7-3-1-4-8-14/h1,3-4,7-8,15H,2,5-6,9-13H2,(H,18,22)(H,20,21). The molecule has 1 fully saturated rings. The summed E-state index contributed by atoms with van der Waals surface area (Å²) in [5.74, 6) is -0.896. The third-order valence-corrected chi connectivity index (χ3v) is 4.09. The number of carboxylic acid groups (broad SMARTS) is 1. The molecule has 1 aromatic carbocycles. The first-order chi connectivity index (χ1) is 10.7. The molecular weight excluding hydrogens is 280 g/mol. The number of nitrogens with zero attached hydrogens (tertiary/aromatic N) is 1. The van der Waals surface area contributed by atoms with Gasteiger partial charge in [0.1, 0.15) is 0 Å². The molecule has 2 N–H and O–H groups in total. The molecule has 0 saturated heterocycles. The highest BCUT2D eigenvalue weighted by atomic mass is 16.4. The summed E-state index contributed by atoms with van der Waals surface area (Å²) in [4.78, 5) is 24.9. The average Bonchev–Trinajstić information content (AvgIpc) is 2.54. The lowest BCUT2D eigenvalue weighted by Crippen LogP contribution is -2.46. The van der Waals surface area contributed by atoms with Crippen molar-refractivity contribution >= 4 is 12.0 Å². The van der Waals surface area contributed by atoms with Gasteiger partial charge in [0.25, 0.3) is 0 Å². The van der Waals surface area contributed by atoms with Crippen molar-refractivity contribution < 1.29 is 14.7 Å². The van der Waals surface area contributed by atoms with Crippen LogP contribution in [0.15, 0.2) is 30.3 Å². The van der Waals surface area contributed by atoms with Crippen LogP contribution in [0.4, 0.5) is 4.79 Å². The molecular formula is C17H24N2O3. The second-order valence-electron chi connectivity index (χ2n) is 5.78. The maximum atomic E-state index is 12.5. The quantitative estimate of drug-likeness (QED) is 0.849. The maximum absolute atomic E-state index is 12.5. The van der Waals surface area contributed by atoms with Crippen molar-refractivity contribution in [3.8, 4) is 0 Å². The molecule has 0 atom stereocenters. The van der Waals surface area contributed by atoms with Gasteiger partial charge in [0.2, 0.25) is 0 Å². The largest absolute Gasteiger partial charge is 0.481 e.